The van der Waals surface area contributed by atoms with Crippen LogP contribution in [0.3, 0.4) is 0 Å². The number of nitrogens with zero attached hydrogens (tertiary/aromatic N) is 3. The van der Waals surface area contributed by atoms with E-state index in [1.807, 2.05) is 42.6 Å². The largest absolute Gasteiger partial charge is 0.369 e. The number of nitrogens with two attached hydrogens (primary N) is 1. The van der Waals surface area contributed by atoms with E-state index in [1.54, 1.807) is 0 Å². The fraction of sp³-hybridized carbons (Fsp3) is 0.368. The maximum atomic E-state index is 12.0. The number of primary amides is 1. The number of pyridine rings is 1. The summed E-state index contributed by atoms with van der Waals surface area (Å²) >= 11 is 0. The molecule has 2 saturated heterocycles. The van der Waals surface area contributed by atoms with Gasteiger partial charge >= 0.3 is 0 Å². The van der Waals surface area contributed by atoms with Gasteiger partial charge in [0.25, 0.3) is 0 Å². The molecule has 2 fully saturated rings. The highest BCUT2D eigenvalue weighted by molar-refractivity contribution is 5.79. The monoisotopic (exact) mass is 322 g/mol. The van der Waals surface area contributed by atoms with Crippen LogP contribution in [0.15, 0.2) is 54.7 Å². The highest BCUT2D eigenvalue weighted by atomic mass is 16.1. The van der Waals surface area contributed by atoms with E-state index in [0.29, 0.717) is 6.04 Å². The number of aromatic nitrogens is 1. The summed E-state index contributed by atoms with van der Waals surface area (Å²) in [6.07, 6.45) is 1.83. The quantitative estimate of drug-likeness (QED) is 0.929. The van der Waals surface area contributed by atoms with Crippen molar-refractivity contribution in [2.24, 2.45) is 11.7 Å². The van der Waals surface area contributed by atoms with E-state index in [1.165, 1.54) is 5.56 Å². The van der Waals surface area contributed by atoms with Crippen LogP contribution in [-0.4, -0.2) is 48.0 Å². The topological polar surface area (TPSA) is 62.5 Å². The summed E-state index contributed by atoms with van der Waals surface area (Å²) in [5, 5.41) is 0. The molecule has 2 aliphatic rings. The summed E-state index contributed by atoms with van der Waals surface area (Å²) in [5.41, 5.74) is 6.94. The Bertz CT molecular complexity index is 706. The van der Waals surface area contributed by atoms with Crippen LogP contribution in [0.5, 0.6) is 0 Å². The molecule has 3 heterocycles. The Balaban J connectivity index is 1.64. The van der Waals surface area contributed by atoms with E-state index in [4.69, 9.17) is 5.73 Å². The zero-order valence-corrected chi connectivity index (χ0v) is 13.6. The van der Waals surface area contributed by atoms with Gasteiger partial charge in [-0.2, -0.15) is 0 Å². The van der Waals surface area contributed by atoms with E-state index >= 15 is 0 Å². The average Bonchev–Trinajstić information content (AvgIpc) is 3.02. The molecule has 3 atom stereocenters. The Hall–Kier alpha value is -2.40. The fourth-order valence-electron chi connectivity index (χ4n) is 4.19. The van der Waals surface area contributed by atoms with Crippen molar-refractivity contribution >= 4 is 11.7 Å². The maximum Gasteiger partial charge on any atom is 0.222 e. The smallest absolute Gasteiger partial charge is 0.222 e. The van der Waals surface area contributed by atoms with Crippen molar-refractivity contribution in [2.45, 2.75) is 12.0 Å². The summed E-state index contributed by atoms with van der Waals surface area (Å²) < 4.78 is 0. The second-order valence-corrected chi connectivity index (χ2v) is 6.64. The van der Waals surface area contributed by atoms with Crippen LogP contribution in [0.4, 0.5) is 5.82 Å². The number of benzene rings is 1. The van der Waals surface area contributed by atoms with Gasteiger partial charge in [0.2, 0.25) is 5.91 Å². The van der Waals surface area contributed by atoms with E-state index < -0.39 is 0 Å². The Morgan fingerprint density at radius 2 is 1.83 bits per heavy atom. The third-order valence-corrected chi connectivity index (χ3v) is 5.34. The predicted octanol–water partition coefficient (Wildman–Crippen LogP) is 1.47. The highest BCUT2D eigenvalue weighted by Crippen LogP contribution is 2.40. The van der Waals surface area contributed by atoms with Gasteiger partial charge in [0.05, 0.1) is 5.92 Å². The molecule has 1 aromatic carbocycles. The van der Waals surface area contributed by atoms with E-state index in [0.717, 1.165) is 32.0 Å². The van der Waals surface area contributed by atoms with Crippen molar-refractivity contribution in [1.29, 1.82) is 0 Å². The molecule has 2 N–H and O–H groups in total. The summed E-state index contributed by atoms with van der Waals surface area (Å²) in [6, 6.07) is 16.6. The number of carbonyl (C=O) groups excluding carboxylic acids is 1. The van der Waals surface area contributed by atoms with Gasteiger partial charge < -0.3 is 10.6 Å². The molecule has 1 amide bonds. The molecule has 0 radical (unpaired) electrons. The van der Waals surface area contributed by atoms with E-state index in [-0.39, 0.29) is 17.7 Å². The van der Waals surface area contributed by atoms with Crippen molar-refractivity contribution in [3.05, 3.63) is 60.3 Å². The number of carbonyl (C=O) groups is 1. The van der Waals surface area contributed by atoms with Crippen LogP contribution in [0, 0.1) is 5.92 Å². The van der Waals surface area contributed by atoms with Crippen molar-refractivity contribution in [3.8, 4) is 0 Å². The first kappa shape index (κ1) is 15.1. The van der Waals surface area contributed by atoms with Crippen LogP contribution in [0.25, 0.3) is 0 Å². The van der Waals surface area contributed by atoms with Gasteiger partial charge in [-0.3, -0.25) is 9.69 Å². The Kier molecular flexibility index (Phi) is 3.94. The molecule has 5 heteroatoms. The first-order chi connectivity index (χ1) is 11.7. The lowest BCUT2D eigenvalue weighted by Crippen LogP contribution is -2.51. The second kappa shape index (κ2) is 6.24. The van der Waals surface area contributed by atoms with Gasteiger partial charge in [0.1, 0.15) is 5.82 Å². The lowest BCUT2D eigenvalue weighted by Gasteiger charge is -2.40. The van der Waals surface area contributed by atoms with Gasteiger partial charge in [0.15, 0.2) is 0 Å². The van der Waals surface area contributed by atoms with Crippen LogP contribution in [0.2, 0.25) is 0 Å². The Morgan fingerprint density at radius 1 is 1.04 bits per heavy atom. The SMILES string of the molecule is NC(=O)[C@H]1CN2CCN(c3ccccn3)C[C@@H]2[C@@H]1c1ccccc1. The van der Waals surface area contributed by atoms with E-state index in [9.17, 15) is 4.79 Å². The third kappa shape index (κ3) is 2.65. The molecule has 2 aliphatic heterocycles. The molecule has 24 heavy (non-hydrogen) atoms. The van der Waals surface area contributed by atoms with Crippen LogP contribution in [0.1, 0.15) is 11.5 Å². The molecule has 0 bridgehead atoms. The highest BCUT2D eigenvalue weighted by Gasteiger charge is 2.47. The molecular weight excluding hydrogens is 300 g/mol. The van der Waals surface area contributed by atoms with Crippen molar-refractivity contribution < 1.29 is 4.79 Å². The van der Waals surface area contributed by atoms with Crippen LogP contribution in [-0.2, 0) is 4.79 Å². The standard InChI is InChI=1S/C19H22N4O/c20-19(24)15-12-22-10-11-23(17-8-4-5-9-21-17)13-16(22)18(15)14-6-2-1-3-7-14/h1-9,15-16,18H,10-13H2,(H2,20,24)/t15-,16+,18+/m0/s1. The molecule has 0 aliphatic carbocycles. The molecule has 0 spiro atoms. The molecule has 2 aromatic rings. The summed E-state index contributed by atoms with van der Waals surface area (Å²) in [5.74, 6) is 0.838. The number of rotatable bonds is 3. The van der Waals surface area contributed by atoms with Crippen LogP contribution >= 0.6 is 0 Å². The van der Waals surface area contributed by atoms with Gasteiger partial charge in [-0.05, 0) is 17.7 Å². The Labute approximate surface area is 142 Å². The first-order valence-corrected chi connectivity index (χ1v) is 8.48. The molecule has 5 nitrogen and oxygen atoms in total. The average molecular weight is 322 g/mol. The minimum Gasteiger partial charge on any atom is -0.369 e. The lowest BCUT2D eigenvalue weighted by molar-refractivity contribution is -0.121. The Morgan fingerprint density at radius 3 is 2.54 bits per heavy atom. The fourth-order valence-corrected chi connectivity index (χ4v) is 4.19. The zero-order valence-electron chi connectivity index (χ0n) is 13.6. The van der Waals surface area contributed by atoms with Gasteiger partial charge in [-0.25, -0.2) is 4.98 Å². The number of amides is 1. The van der Waals surface area contributed by atoms with Crippen molar-refractivity contribution in [2.75, 3.05) is 31.1 Å². The maximum absolute atomic E-state index is 12.0. The lowest BCUT2D eigenvalue weighted by atomic mass is 9.83. The minimum atomic E-state index is -0.192. The summed E-state index contributed by atoms with van der Waals surface area (Å²) in [4.78, 5) is 21.3. The normalized spacial score (nSPS) is 27.0. The number of fused-ring (bicyclic) bond motifs is 1. The second-order valence-electron chi connectivity index (χ2n) is 6.64. The molecule has 124 valence electrons. The number of anilines is 1. The number of hydrogen-bond donors (Lipinski definition) is 1. The molecular formula is C19H22N4O. The van der Waals surface area contributed by atoms with Crippen molar-refractivity contribution in [1.82, 2.24) is 9.88 Å². The first-order valence-electron chi connectivity index (χ1n) is 8.48. The third-order valence-electron chi connectivity index (χ3n) is 5.34. The van der Waals surface area contributed by atoms with Crippen molar-refractivity contribution in [3.63, 3.8) is 0 Å². The predicted molar refractivity (Wildman–Crippen MR) is 93.7 cm³/mol. The number of piperazine rings is 1. The van der Waals surface area contributed by atoms with Gasteiger partial charge in [0, 0.05) is 44.3 Å². The number of hydrogen-bond acceptors (Lipinski definition) is 4. The van der Waals surface area contributed by atoms with Gasteiger partial charge in [-0.1, -0.05) is 36.4 Å². The van der Waals surface area contributed by atoms with Crippen LogP contribution < -0.4 is 10.6 Å². The molecule has 0 unspecified atom stereocenters. The summed E-state index contributed by atoms with van der Waals surface area (Å²) in [6.45, 7) is 3.50. The summed E-state index contributed by atoms with van der Waals surface area (Å²) in [7, 11) is 0. The molecule has 1 aromatic heterocycles. The molecule has 4 rings (SSSR count). The minimum absolute atomic E-state index is 0.124. The zero-order chi connectivity index (χ0) is 16.5. The van der Waals surface area contributed by atoms with E-state index in [2.05, 4.69) is 26.9 Å². The molecule has 0 saturated carbocycles. The van der Waals surface area contributed by atoms with Gasteiger partial charge in [-0.15, -0.1) is 0 Å².